The van der Waals surface area contributed by atoms with E-state index in [1.807, 2.05) is 24.3 Å². The number of nitrogens with zero attached hydrogens (tertiary/aromatic N) is 5. The molecule has 1 fully saturated rings. The number of rotatable bonds is 5. The molecular weight excluding hydrogens is 421 g/mol. The summed E-state index contributed by atoms with van der Waals surface area (Å²) in [7, 11) is 0. The van der Waals surface area contributed by atoms with Crippen LogP contribution < -0.4 is 4.74 Å². The summed E-state index contributed by atoms with van der Waals surface area (Å²) in [5.74, 6) is 0.804. The van der Waals surface area contributed by atoms with Gasteiger partial charge >= 0.3 is 0 Å². The van der Waals surface area contributed by atoms with Gasteiger partial charge in [-0.1, -0.05) is 6.58 Å². The number of piperidine rings is 1. The van der Waals surface area contributed by atoms with Gasteiger partial charge in [0.2, 0.25) is 5.91 Å². The third-order valence-corrected chi connectivity index (χ3v) is 5.81. The lowest BCUT2D eigenvalue weighted by Gasteiger charge is -2.32. The number of hydrogen-bond acceptors (Lipinski definition) is 5. The van der Waals surface area contributed by atoms with Crippen LogP contribution in [0.2, 0.25) is 0 Å². The Labute approximate surface area is 190 Å². The topological polar surface area (TPSA) is 73.1 Å². The Morgan fingerprint density at radius 3 is 2.61 bits per heavy atom. The fourth-order valence-electron chi connectivity index (χ4n) is 4.23. The highest BCUT2D eigenvalue weighted by molar-refractivity contribution is 5.93. The molecule has 33 heavy (non-hydrogen) atoms. The number of amides is 1. The van der Waals surface area contributed by atoms with E-state index in [0.717, 1.165) is 18.4 Å². The molecule has 7 nitrogen and oxygen atoms in total. The van der Waals surface area contributed by atoms with E-state index in [4.69, 9.17) is 9.84 Å². The van der Waals surface area contributed by atoms with Crippen LogP contribution in [0.5, 0.6) is 11.5 Å². The van der Waals surface area contributed by atoms with Crippen molar-refractivity contribution in [3.63, 3.8) is 0 Å². The van der Waals surface area contributed by atoms with Crippen molar-refractivity contribution in [1.82, 2.24) is 24.6 Å². The summed E-state index contributed by atoms with van der Waals surface area (Å²) in [4.78, 5) is 21.9. The van der Waals surface area contributed by atoms with Crippen molar-refractivity contribution in [2.24, 2.45) is 0 Å². The van der Waals surface area contributed by atoms with Gasteiger partial charge in [-0.25, -0.2) is 4.39 Å². The lowest BCUT2D eigenvalue weighted by Crippen LogP contribution is -2.40. The van der Waals surface area contributed by atoms with E-state index in [2.05, 4.69) is 16.5 Å². The van der Waals surface area contributed by atoms with E-state index in [9.17, 15) is 9.18 Å². The van der Waals surface area contributed by atoms with E-state index in [1.165, 1.54) is 12.3 Å². The fourth-order valence-corrected chi connectivity index (χ4v) is 4.23. The van der Waals surface area contributed by atoms with Crippen molar-refractivity contribution in [2.45, 2.75) is 18.9 Å². The Bertz CT molecular complexity index is 1300. The maximum absolute atomic E-state index is 14.9. The van der Waals surface area contributed by atoms with Crippen LogP contribution in [0, 0.1) is 5.82 Å². The average molecular weight is 443 g/mol. The molecule has 1 atom stereocenters. The lowest BCUT2D eigenvalue weighted by atomic mass is 10.1. The minimum atomic E-state index is -0.434. The third-order valence-electron chi connectivity index (χ3n) is 5.81. The fraction of sp³-hybridized carbons (Fsp3) is 0.200. The molecule has 166 valence electrons. The SMILES string of the molecule is C=CC(=O)N1CCCC(n2nc(-c3ccc(Oc4ccncc4)cc3)c3cncc(F)c32)C1. The van der Waals surface area contributed by atoms with Crippen molar-refractivity contribution in [3.8, 4) is 22.8 Å². The Morgan fingerprint density at radius 2 is 1.85 bits per heavy atom. The molecule has 0 bridgehead atoms. The van der Waals surface area contributed by atoms with Gasteiger partial charge in [-0.05, 0) is 55.3 Å². The average Bonchev–Trinajstić information content (AvgIpc) is 3.26. The Morgan fingerprint density at radius 1 is 1.09 bits per heavy atom. The second kappa shape index (κ2) is 8.82. The van der Waals surface area contributed by atoms with Crippen molar-refractivity contribution >= 4 is 16.8 Å². The van der Waals surface area contributed by atoms with Gasteiger partial charge < -0.3 is 9.64 Å². The molecule has 0 spiro atoms. The van der Waals surface area contributed by atoms with Crippen LogP contribution >= 0.6 is 0 Å². The number of fused-ring (bicyclic) bond motifs is 1. The summed E-state index contributed by atoms with van der Waals surface area (Å²) in [6.07, 6.45) is 9.10. The zero-order valence-corrected chi connectivity index (χ0v) is 17.9. The molecule has 1 aliphatic rings. The maximum atomic E-state index is 14.9. The highest BCUT2D eigenvalue weighted by atomic mass is 19.1. The molecule has 3 aromatic heterocycles. The molecule has 0 saturated carbocycles. The Balaban J connectivity index is 1.50. The maximum Gasteiger partial charge on any atom is 0.246 e. The van der Waals surface area contributed by atoms with Crippen molar-refractivity contribution in [1.29, 1.82) is 0 Å². The molecule has 1 saturated heterocycles. The smallest absolute Gasteiger partial charge is 0.246 e. The minimum absolute atomic E-state index is 0.122. The van der Waals surface area contributed by atoms with Gasteiger partial charge in [0.15, 0.2) is 5.82 Å². The first kappa shape index (κ1) is 20.8. The zero-order valence-electron chi connectivity index (χ0n) is 17.9. The summed E-state index contributed by atoms with van der Waals surface area (Å²) in [5, 5.41) is 5.43. The monoisotopic (exact) mass is 443 g/mol. The molecule has 0 N–H and O–H groups in total. The summed E-state index contributed by atoms with van der Waals surface area (Å²) in [5.41, 5.74) is 1.86. The predicted octanol–water partition coefficient (Wildman–Crippen LogP) is 4.77. The third kappa shape index (κ3) is 4.07. The summed E-state index contributed by atoms with van der Waals surface area (Å²) in [6, 6.07) is 10.9. The number of ether oxygens (including phenoxy) is 1. The quantitative estimate of drug-likeness (QED) is 0.415. The molecule has 5 rings (SSSR count). The Hall–Kier alpha value is -4.07. The first-order chi connectivity index (χ1) is 16.1. The number of halogens is 1. The van der Waals surface area contributed by atoms with Crippen LogP contribution in [-0.4, -0.2) is 43.6 Å². The van der Waals surface area contributed by atoms with Gasteiger partial charge in [0.25, 0.3) is 0 Å². The number of likely N-dealkylation sites (tertiary alicyclic amines) is 1. The first-order valence-electron chi connectivity index (χ1n) is 10.8. The van der Waals surface area contributed by atoms with Crippen molar-refractivity contribution in [3.05, 3.63) is 79.7 Å². The summed E-state index contributed by atoms with van der Waals surface area (Å²) in [6.45, 7) is 4.70. The highest BCUT2D eigenvalue weighted by Gasteiger charge is 2.27. The molecule has 4 heterocycles. The molecule has 4 aromatic rings. The van der Waals surface area contributed by atoms with E-state index in [-0.39, 0.29) is 11.9 Å². The molecule has 0 radical (unpaired) electrons. The van der Waals surface area contributed by atoms with Gasteiger partial charge in [0.05, 0.1) is 12.2 Å². The zero-order chi connectivity index (χ0) is 22.8. The number of carbonyl (C=O) groups excluding carboxylic acids is 1. The Kier molecular flexibility index (Phi) is 5.56. The van der Waals surface area contributed by atoms with Crippen molar-refractivity contribution < 1.29 is 13.9 Å². The van der Waals surface area contributed by atoms with E-state index >= 15 is 0 Å². The van der Waals surface area contributed by atoms with Gasteiger partial charge in [0.1, 0.15) is 22.7 Å². The minimum Gasteiger partial charge on any atom is -0.457 e. The predicted molar refractivity (Wildman–Crippen MR) is 122 cm³/mol. The molecule has 0 aliphatic carbocycles. The van der Waals surface area contributed by atoms with Gasteiger partial charge in [-0.15, -0.1) is 0 Å². The highest BCUT2D eigenvalue weighted by Crippen LogP contribution is 2.34. The number of aromatic nitrogens is 4. The first-order valence-corrected chi connectivity index (χ1v) is 10.8. The van der Waals surface area contributed by atoms with E-state index in [1.54, 1.807) is 40.3 Å². The summed E-state index contributed by atoms with van der Waals surface area (Å²) < 4.78 is 22.5. The van der Waals surface area contributed by atoms with E-state index < -0.39 is 5.82 Å². The molecule has 1 amide bonds. The molecular formula is C25H22FN5O2. The van der Waals surface area contributed by atoms with Crippen LogP contribution in [0.1, 0.15) is 18.9 Å². The standard InChI is InChI=1S/C25H22FN5O2/c1-2-23(32)30-13-3-4-18(16-30)31-25-21(14-28-15-22(25)26)24(29-31)17-5-7-19(8-6-17)33-20-9-11-27-12-10-20/h2,5-12,14-15,18H,1,3-4,13,16H2. The van der Waals surface area contributed by atoms with Gasteiger partial charge in [-0.3, -0.25) is 19.4 Å². The second-order valence-corrected chi connectivity index (χ2v) is 7.90. The van der Waals surface area contributed by atoms with Crippen LogP contribution in [0.15, 0.2) is 73.8 Å². The van der Waals surface area contributed by atoms with Crippen LogP contribution in [-0.2, 0) is 4.79 Å². The number of benzene rings is 1. The number of carbonyl (C=O) groups is 1. The van der Waals surface area contributed by atoms with Crippen LogP contribution in [0.3, 0.4) is 0 Å². The van der Waals surface area contributed by atoms with Crippen molar-refractivity contribution in [2.75, 3.05) is 13.1 Å². The molecule has 1 aromatic carbocycles. The number of pyridine rings is 2. The lowest BCUT2D eigenvalue weighted by molar-refractivity contribution is -0.127. The van der Waals surface area contributed by atoms with Crippen LogP contribution in [0.4, 0.5) is 4.39 Å². The van der Waals surface area contributed by atoms with Gasteiger partial charge in [-0.2, -0.15) is 5.10 Å². The largest absolute Gasteiger partial charge is 0.457 e. The van der Waals surface area contributed by atoms with E-state index in [0.29, 0.717) is 41.2 Å². The molecule has 1 unspecified atom stereocenters. The molecule has 8 heteroatoms. The second-order valence-electron chi connectivity index (χ2n) is 7.90. The van der Waals surface area contributed by atoms with Crippen LogP contribution in [0.25, 0.3) is 22.2 Å². The van der Waals surface area contributed by atoms with Gasteiger partial charge in [0, 0.05) is 42.6 Å². The normalized spacial score (nSPS) is 16.0. The number of hydrogen-bond donors (Lipinski definition) is 0. The molecule has 1 aliphatic heterocycles. The summed E-state index contributed by atoms with van der Waals surface area (Å²) >= 11 is 0.